The van der Waals surface area contributed by atoms with Gasteiger partial charge >= 0.3 is 0 Å². The number of nitrogens with one attached hydrogen (secondary N) is 1. The Labute approximate surface area is 187 Å². The number of benzene rings is 1. The lowest BCUT2D eigenvalue weighted by Gasteiger charge is -2.10. The third-order valence-electron chi connectivity index (χ3n) is 5.41. The molecule has 1 N–H and O–H groups in total. The summed E-state index contributed by atoms with van der Waals surface area (Å²) in [5.41, 5.74) is 3.18. The number of aromatic amines is 1. The maximum atomic E-state index is 9.46. The molecule has 0 atom stereocenters. The van der Waals surface area contributed by atoms with Gasteiger partial charge in [0.25, 0.3) is 0 Å². The van der Waals surface area contributed by atoms with Crippen molar-refractivity contribution >= 4 is 0 Å². The van der Waals surface area contributed by atoms with Crippen molar-refractivity contribution in [2.24, 2.45) is 0 Å². The monoisotopic (exact) mass is 429 g/mol. The molecule has 164 valence electrons. The molecule has 3 heterocycles. The van der Waals surface area contributed by atoms with Crippen LogP contribution in [0.25, 0.3) is 17.2 Å². The summed E-state index contributed by atoms with van der Waals surface area (Å²) in [6, 6.07) is 12.2. The van der Waals surface area contributed by atoms with Gasteiger partial charge in [-0.05, 0) is 41.8 Å². The van der Waals surface area contributed by atoms with E-state index in [9.17, 15) is 5.26 Å². The molecule has 4 rings (SSSR count). The molecule has 0 aliphatic rings. The van der Waals surface area contributed by atoms with Gasteiger partial charge in [0.15, 0.2) is 5.82 Å². The van der Waals surface area contributed by atoms with Crippen molar-refractivity contribution in [2.45, 2.75) is 58.9 Å². The molecule has 0 radical (unpaired) electrons. The zero-order valence-corrected chi connectivity index (χ0v) is 18.5. The van der Waals surface area contributed by atoms with Gasteiger partial charge < -0.3 is 4.57 Å². The van der Waals surface area contributed by atoms with Gasteiger partial charge in [0.1, 0.15) is 17.6 Å². The predicted octanol–water partition coefficient (Wildman–Crippen LogP) is 3.85. The van der Waals surface area contributed by atoms with E-state index in [2.05, 4.69) is 52.7 Å². The molecular formula is C23H27N9. The Kier molecular flexibility index (Phi) is 6.70. The molecule has 1 aromatic carbocycles. The first-order valence-corrected chi connectivity index (χ1v) is 11.1. The van der Waals surface area contributed by atoms with Crippen molar-refractivity contribution in [3.8, 4) is 23.3 Å². The van der Waals surface area contributed by atoms with E-state index >= 15 is 0 Å². The summed E-state index contributed by atoms with van der Waals surface area (Å²) >= 11 is 0. The van der Waals surface area contributed by atoms with E-state index in [4.69, 9.17) is 10.1 Å². The molecular weight excluding hydrogens is 402 g/mol. The van der Waals surface area contributed by atoms with Gasteiger partial charge in [-0.15, -0.1) is 10.2 Å². The third kappa shape index (κ3) is 4.59. The minimum atomic E-state index is 0.387. The van der Waals surface area contributed by atoms with Crippen LogP contribution in [-0.4, -0.2) is 40.0 Å². The second-order valence-electron chi connectivity index (χ2n) is 7.77. The zero-order valence-electron chi connectivity index (χ0n) is 18.5. The first kappa shape index (κ1) is 21.4. The van der Waals surface area contributed by atoms with Gasteiger partial charge in [-0.25, -0.2) is 9.67 Å². The summed E-state index contributed by atoms with van der Waals surface area (Å²) in [5, 5.41) is 28.4. The molecule has 0 bridgehead atoms. The highest BCUT2D eigenvalue weighted by Crippen LogP contribution is 2.25. The second-order valence-corrected chi connectivity index (χ2v) is 7.77. The lowest BCUT2D eigenvalue weighted by atomic mass is 10.2. The van der Waals surface area contributed by atoms with E-state index in [1.807, 2.05) is 27.6 Å². The number of unbranched alkanes of at least 4 members (excludes halogenated alkanes) is 2. The number of rotatable bonds is 10. The number of hydrogen-bond acceptors (Lipinski definition) is 6. The van der Waals surface area contributed by atoms with Gasteiger partial charge in [-0.3, -0.25) is 0 Å². The molecule has 0 amide bonds. The van der Waals surface area contributed by atoms with Crippen molar-refractivity contribution in [2.75, 3.05) is 0 Å². The Balaban J connectivity index is 1.58. The van der Waals surface area contributed by atoms with Crippen LogP contribution in [-0.2, 0) is 19.4 Å². The molecule has 9 nitrogen and oxygen atoms in total. The first-order valence-electron chi connectivity index (χ1n) is 11.1. The van der Waals surface area contributed by atoms with Crippen molar-refractivity contribution in [1.29, 1.82) is 5.26 Å². The van der Waals surface area contributed by atoms with E-state index < -0.39 is 0 Å². The Morgan fingerprint density at radius 3 is 2.50 bits per heavy atom. The lowest BCUT2D eigenvalue weighted by Crippen LogP contribution is -2.07. The Bertz CT molecular complexity index is 1180. The number of nitriles is 1. The standard InChI is InChI=1S/C23H27N9/c1-3-5-7-20-25-21(8-6-4-2)32(28-20)16-17-9-11-19(12-10-17)31-14-13-18(15-24)22(31)23-26-29-30-27-23/h9-14H,3-8,16H2,1-2H3,(H,26,27,29,30). The van der Waals surface area contributed by atoms with Crippen molar-refractivity contribution in [1.82, 2.24) is 40.0 Å². The lowest BCUT2D eigenvalue weighted by molar-refractivity contribution is 0.612. The molecule has 0 unspecified atom stereocenters. The summed E-state index contributed by atoms with van der Waals surface area (Å²) in [4.78, 5) is 4.79. The summed E-state index contributed by atoms with van der Waals surface area (Å²) in [5.74, 6) is 2.39. The maximum Gasteiger partial charge on any atom is 0.222 e. The minimum absolute atomic E-state index is 0.387. The number of aryl methyl sites for hydroxylation is 2. The van der Waals surface area contributed by atoms with Crippen LogP contribution in [0.3, 0.4) is 0 Å². The second kappa shape index (κ2) is 10.0. The van der Waals surface area contributed by atoms with Crippen molar-refractivity contribution < 1.29 is 0 Å². The third-order valence-corrected chi connectivity index (χ3v) is 5.41. The molecule has 0 spiro atoms. The minimum Gasteiger partial charge on any atom is -0.313 e. The Hall–Kier alpha value is -3.80. The molecule has 32 heavy (non-hydrogen) atoms. The van der Waals surface area contributed by atoms with E-state index in [-0.39, 0.29) is 0 Å². The highest BCUT2D eigenvalue weighted by Gasteiger charge is 2.17. The smallest absolute Gasteiger partial charge is 0.222 e. The normalized spacial score (nSPS) is 11.0. The average Bonchev–Trinajstić information content (AvgIpc) is 3.56. The fourth-order valence-electron chi connectivity index (χ4n) is 3.68. The zero-order chi connectivity index (χ0) is 22.3. The van der Waals surface area contributed by atoms with Gasteiger partial charge in [-0.2, -0.15) is 15.6 Å². The first-order chi connectivity index (χ1) is 15.7. The fourth-order valence-corrected chi connectivity index (χ4v) is 3.68. The molecule has 4 aromatic rings. The number of tetrazole rings is 1. The quantitative estimate of drug-likeness (QED) is 0.409. The Morgan fingerprint density at radius 2 is 1.81 bits per heavy atom. The van der Waals surface area contributed by atoms with Crippen LogP contribution in [0.5, 0.6) is 0 Å². The van der Waals surface area contributed by atoms with Crippen LogP contribution in [0.2, 0.25) is 0 Å². The van der Waals surface area contributed by atoms with E-state index in [0.717, 1.165) is 61.4 Å². The van der Waals surface area contributed by atoms with Gasteiger partial charge in [-0.1, -0.05) is 38.8 Å². The SMILES string of the molecule is CCCCc1nc(CCCC)n(Cc2ccc(-n3ccc(C#N)c3-c3nn[nH]n3)cc2)n1. The van der Waals surface area contributed by atoms with E-state index in [1.54, 1.807) is 6.07 Å². The molecule has 9 heteroatoms. The topological polar surface area (TPSA) is 114 Å². The number of H-pyrrole nitrogens is 1. The summed E-state index contributed by atoms with van der Waals surface area (Å²) < 4.78 is 3.95. The summed E-state index contributed by atoms with van der Waals surface area (Å²) in [7, 11) is 0. The van der Waals surface area contributed by atoms with Crippen LogP contribution in [0.15, 0.2) is 36.5 Å². The molecule has 0 saturated heterocycles. The average molecular weight is 430 g/mol. The van der Waals surface area contributed by atoms with E-state index in [1.165, 1.54) is 0 Å². The number of nitrogens with zero attached hydrogens (tertiary/aromatic N) is 8. The highest BCUT2D eigenvalue weighted by molar-refractivity contribution is 5.64. The highest BCUT2D eigenvalue weighted by atomic mass is 15.5. The van der Waals surface area contributed by atoms with Crippen molar-refractivity contribution in [3.63, 3.8) is 0 Å². The van der Waals surface area contributed by atoms with Crippen molar-refractivity contribution in [3.05, 3.63) is 59.3 Å². The van der Waals surface area contributed by atoms with Crippen LogP contribution < -0.4 is 0 Å². The van der Waals surface area contributed by atoms with E-state index in [0.29, 0.717) is 23.6 Å². The van der Waals surface area contributed by atoms with Crippen LogP contribution >= 0.6 is 0 Å². The molecule has 0 aliphatic carbocycles. The van der Waals surface area contributed by atoms with Crippen LogP contribution in [0.4, 0.5) is 0 Å². The fraction of sp³-hybridized carbons (Fsp3) is 0.391. The van der Waals surface area contributed by atoms with Crippen LogP contribution in [0.1, 0.15) is 62.3 Å². The maximum absolute atomic E-state index is 9.46. The Morgan fingerprint density at radius 1 is 1.03 bits per heavy atom. The predicted molar refractivity (Wildman–Crippen MR) is 120 cm³/mol. The number of aromatic nitrogens is 8. The summed E-state index contributed by atoms with van der Waals surface area (Å²) in [6.07, 6.45) is 8.21. The molecule has 0 saturated carbocycles. The number of hydrogen-bond donors (Lipinski definition) is 1. The summed E-state index contributed by atoms with van der Waals surface area (Å²) in [6.45, 7) is 5.06. The van der Waals surface area contributed by atoms with Gasteiger partial charge in [0, 0.05) is 24.7 Å². The molecule has 0 fully saturated rings. The van der Waals surface area contributed by atoms with Gasteiger partial charge in [0.05, 0.1) is 12.1 Å². The largest absolute Gasteiger partial charge is 0.313 e. The van der Waals surface area contributed by atoms with Crippen LogP contribution in [0, 0.1) is 11.3 Å². The molecule has 3 aromatic heterocycles. The van der Waals surface area contributed by atoms with Gasteiger partial charge in [0.2, 0.25) is 5.82 Å². The molecule has 0 aliphatic heterocycles.